The van der Waals surface area contributed by atoms with Crippen LogP contribution in [0, 0.1) is 5.41 Å². The van der Waals surface area contributed by atoms with Crippen molar-refractivity contribution >= 4 is 11.4 Å². The van der Waals surface area contributed by atoms with E-state index in [2.05, 4.69) is 37.6 Å². The van der Waals surface area contributed by atoms with Gasteiger partial charge in [-0.05, 0) is 12.5 Å². The smallest absolute Gasteiger partial charge is 0.103 e. The van der Waals surface area contributed by atoms with Gasteiger partial charge < -0.3 is 5.73 Å². The molecule has 1 heterocycles. The van der Waals surface area contributed by atoms with E-state index in [1.165, 1.54) is 0 Å². The number of aliphatic imine (C=N–C) groups is 2. The van der Waals surface area contributed by atoms with Crippen LogP contribution in [-0.2, 0) is 0 Å². The van der Waals surface area contributed by atoms with Crippen molar-refractivity contribution in [3.63, 3.8) is 0 Å². The molecule has 0 saturated heterocycles. The first-order valence-corrected chi connectivity index (χ1v) is 6.74. The first-order chi connectivity index (χ1) is 9.45. The third kappa shape index (κ3) is 2.72. The summed E-state index contributed by atoms with van der Waals surface area (Å²) in [6, 6.07) is 10.2. The molecule has 1 aliphatic rings. The molecule has 1 aromatic rings. The summed E-state index contributed by atoms with van der Waals surface area (Å²) in [5, 5.41) is 0. The molecule has 3 heteroatoms. The zero-order valence-electron chi connectivity index (χ0n) is 12.4. The second kappa shape index (κ2) is 5.45. The van der Waals surface area contributed by atoms with E-state index in [9.17, 15) is 0 Å². The summed E-state index contributed by atoms with van der Waals surface area (Å²) in [6.45, 7) is 9.89. The Hall–Kier alpha value is -2.16. The molecule has 0 unspecified atom stereocenters. The van der Waals surface area contributed by atoms with Crippen molar-refractivity contribution in [1.29, 1.82) is 0 Å². The summed E-state index contributed by atoms with van der Waals surface area (Å²) in [5.74, 6) is 0. The van der Waals surface area contributed by atoms with Gasteiger partial charge in [0.2, 0.25) is 0 Å². The highest BCUT2D eigenvalue weighted by atomic mass is 14.9. The van der Waals surface area contributed by atoms with Gasteiger partial charge in [0.25, 0.3) is 0 Å². The van der Waals surface area contributed by atoms with Gasteiger partial charge in [0, 0.05) is 23.7 Å². The lowest BCUT2D eigenvalue weighted by Gasteiger charge is -2.32. The lowest BCUT2D eigenvalue weighted by Crippen LogP contribution is -2.34. The van der Waals surface area contributed by atoms with E-state index < -0.39 is 0 Å². The van der Waals surface area contributed by atoms with E-state index >= 15 is 0 Å². The van der Waals surface area contributed by atoms with Crippen LogP contribution in [0.4, 0.5) is 0 Å². The molecule has 2 N–H and O–H groups in total. The summed E-state index contributed by atoms with van der Waals surface area (Å²) in [5.41, 5.74) is 10.5. The molecule has 104 valence electrons. The lowest BCUT2D eigenvalue weighted by molar-refractivity contribution is 0.541. The molecule has 0 bridgehead atoms. The van der Waals surface area contributed by atoms with Crippen LogP contribution < -0.4 is 5.73 Å². The fraction of sp³-hybridized carbons (Fsp3) is 0.294. The minimum absolute atomic E-state index is 0.0812. The van der Waals surface area contributed by atoms with Gasteiger partial charge in [-0.25, -0.2) is 4.99 Å². The number of hydrogen-bond acceptors (Lipinski definition) is 3. The average Bonchev–Trinajstić information content (AvgIpc) is 2.39. The molecular weight excluding hydrogens is 246 g/mol. The van der Waals surface area contributed by atoms with Crippen LogP contribution >= 0.6 is 0 Å². The lowest BCUT2D eigenvalue weighted by atomic mass is 9.76. The second-order valence-corrected chi connectivity index (χ2v) is 5.68. The summed E-state index contributed by atoms with van der Waals surface area (Å²) >= 11 is 0. The Kier molecular flexibility index (Phi) is 3.89. The Bertz CT molecular complexity index is 600. The predicted molar refractivity (Wildman–Crippen MR) is 85.9 cm³/mol. The van der Waals surface area contributed by atoms with Crippen LogP contribution in [0.1, 0.15) is 32.8 Å². The van der Waals surface area contributed by atoms with Gasteiger partial charge in [-0.15, -0.1) is 0 Å². The highest BCUT2D eigenvalue weighted by Gasteiger charge is 2.34. The van der Waals surface area contributed by atoms with Gasteiger partial charge in [0.05, 0.1) is 11.4 Å². The molecule has 0 aromatic heterocycles. The fourth-order valence-electron chi connectivity index (χ4n) is 2.50. The summed E-state index contributed by atoms with van der Waals surface area (Å²) in [7, 11) is 0. The molecule has 0 spiro atoms. The molecule has 2 rings (SSSR count). The summed E-state index contributed by atoms with van der Waals surface area (Å²) in [4.78, 5) is 9.14. The molecule has 3 nitrogen and oxygen atoms in total. The van der Waals surface area contributed by atoms with Gasteiger partial charge in [0.15, 0.2) is 0 Å². The van der Waals surface area contributed by atoms with Crippen LogP contribution in [0.2, 0.25) is 0 Å². The van der Waals surface area contributed by atoms with Crippen LogP contribution in [0.15, 0.2) is 64.5 Å². The molecule has 0 aliphatic carbocycles. The SMILES string of the molecule is C=CN=C1CC(C)(C)C(c2ccccc2)=N/C1=C(/C)N. The average molecular weight is 267 g/mol. The van der Waals surface area contributed by atoms with E-state index in [4.69, 9.17) is 10.7 Å². The molecule has 0 saturated carbocycles. The molecule has 0 radical (unpaired) electrons. The van der Waals surface area contributed by atoms with Crippen LogP contribution in [-0.4, -0.2) is 11.4 Å². The molecule has 1 aliphatic heterocycles. The first kappa shape index (κ1) is 14.3. The summed E-state index contributed by atoms with van der Waals surface area (Å²) < 4.78 is 0. The monoisotopic (exact) mass is 267 g/mol. The highest BCUT2D eigenvalue weighted by Crippen LogP contribution is 2.34. The van der Waals surface area contributed by atoms with Gasteiger partial charge in [-0.1, -0.05) is 50.8 Å². The van der Waals surface area contributed by atoms with Crippen molar-refractivity contribution in [3.8, 4) is 0 Å². The maximum absolute atomic E-state index is 5.97. The third-order valence-corrected chi connectivity index (χ3v) is 3.42. The number of rotatable bonds is 2. The minimum Gasteiger partial charge on any atom is -0.400 e. The van der Waals surface area contributed by atoms with E-state index in [0.29, 0.717) is 5.70 Å². The Morgan fingerprint density at radius 2 is 2.00 bits per heavy atom. The molecular formula is C17H21N3. The fourth-order valence-corrected chi connectivity index (χ4v) is 2.50. The number of nitrogens with two attached hydrogens (primary N) is 1. The van der Waals surface area contributed by atoms with Crippen molar-refractivity contribution in [2.75, 3.05) is 0 Å². The number of benzene rings is 1. The van der Waals surface area contributed by atoms with Gasteiger partial charge >= 0.3 is 0 Å². The molecule has 1 aromatic carbocycles. The Labute approximate surface area is 120 Å². The maximum Gasteiger partial charge on any atom is 0.103 e. The molecule has 0 fully saturated rings. The molecule has 0 amide bonds. The van der Waals surface area contributed by atoms with Crippen LogP contribution in [0.3, 0.4) is 0 Å². The van der Waals surface area contributed by atoms with E-state index in [0.717, 1.165) is 29.1 Å². The van der Waals surface area contributed by atoms with Crippen molar-refractivity contribution in [2.24, 2.45) is 21.1 Å². The number of allylic oxidation sites excluding steroid dienone is 2. The van der Waals surface area contributed by atoms with Crippen molar-refractivity contribution in [1.82, 2.24) is 0 Å². The standard InChI is InChI=1S/C17H21N3/c1-5-19-14-11-17(3,4)16(20-15(14)12(2)18)13-9-7-6-8-10-13/h5-10H,1,11,18H2,2-4H3/b15-12-,19-14?. The van der Waals surface area contributed by atoms with E-state index in [1.54, 1.807) is 6.20 Å². The topological polar surface area (TPSA) is 50.7 Å². The molecule has 20 heavy (non-hydrogen) atoms. The Balaban J connectivity index is 2.62. The van der Waals surface area contributed by atoms with Crippen molar-refractivity contribution in [2.45, 2.75) is 27.2 Å². The molecule has 0 atom stereocenters. The minimum atomic E-state index is -0.0812. The quantitative estimate of drug-likeness (QED) is 0.873. The van der Waals surface area contributed by atoms with E-state index in [-0.39, 0.29) is 5.41 Å². The zero-order valence-corrected chi connectivity index (χ0v) is 12.4. The Morgan fingerprint density at radius 3 is 2.55 bits per heavy atom. The largest absolute Gasteiger partial charge is 0.400 e. The van der Waals surface area contributed by atoms with Gasteiger partial charge in [0.1, 0.15) is 5.70 Å². The van der Waals surface area contributed by atoms with Crippen molar-refractivity contribution < 1.29 is 0 Å². The van der Waals surface area contributed by atoms with Gasteiger partial charge in [-0.2, -0.15) is 0 Å². The second-order valence-electron chi connectivity index (χ2n) is 5.68. The maximum atomic E-state index is 5.97. The highest BCUT2D eigenvalue weighted by molar-refractivity contribution is 6.15. The zero-order chi connectivity index (χ0) is 14.8. The summed E-state index contributed by atoms with van der Waals surface area (Å²) in [6.07, 6.45) is 2.36. The Morgan fingerprint density at radius 1 is 1.35 bits per heavy atom. The van der Waals surface area contributed by atoms with E-state index in [1.807, 2.05) is 25.1 Å². The first-order valence-electron chi connectivity index (χ1n) is 6.74. The predicted octanol–water partition coefficient (Wildman–Crippen LogP) is 3.68. The van der Waals surface area contributed by atoms with Crippen LogP contribution in [0.25, 0.3) is 0 Å². The number of nitrogens with zero attached hydrogens (tertiary/aromatic N) is 2. The third-order valence-electron chi connectivity index (χ3n) is 3.42. The normalized spacial score (nSPS) is 22.4. The number of hydrogen-bond donors (Lipinski definition) is 1. The van der Waals surface area contributed by atoms with Gasteiger partial charge in [-0.3, -0.25) is 4.99 Å². The van der Waals surface area contributed by atoms with Crippen LogP contribution in [0.5, 0.6) is 0 Å². The van der Waals surface area contributed by atoms with Crippen molar-refractivity contribution in [3.05, 3.63) is 60.1 Å².